The third-order valence-corrected chi connectivity index (χ3v) is 3.63. The van der Waals surface area contributed by atoms with Gasteiger partial charge in [0.05, 0.1) is 6.04 Å². The zero-order valence-electron chi connectivity index (χ0n) is 12.6. The second kappa shape index (κ2) is 6.54. The molecular formula is C16H21N3O2. The van der Waals surface area contributed by atoms with Gasteiger partial charge < -0.3 is 15.5 Å². The lowest BCUT2D eigenvalue weighted by Crippen LogP contribution is -2.40. The number of benzene rings is 1. The molecule has 5 heteroatoms. The summed E-state index contributed by atoms with van der Waals surface area (Å²) in [5, 5.41) is 2.83. The second-order valence-electron chi connectivity index (χ2n) is 5.23. The van der Waals surface area contributed by atoms with Crippen molar-refractivity contribution in [3.63, 3.8) is 0 Å². The quantitative estimate of drug-likeness (QED) is 0.885. The molecule has 0 saturated heterocycles. The zero-order valence-corrected chi connectivity index (χ0v) is 12.6. The molecule has 1 aromatic carbocycles. The highest BCUT2D eigenvalue weighted by atomic mass is 16.3. The number of nitrogens with one attached hydrogen (secondary N) is 1. The molecule has 1 aromatic heterocycles. The van der Waals surface area contributed by atoms with Gasteiger partial charge in [0, 0.05) is 18.2 Å². The Kier molecular flexibility index (Phi) is 4.75. The van der Waals surface area contributed by atoms with E-state index >= 15 is 0 Å². The molecule has 0 aliphatic heterocycles. The monoisotopic (exact) mass is 287 g/mol. The van der Waals surface area contributed by atoms with Crippen molar-refractivity contribution in [1.82, 2.24) is 4.98 Å². The number of aryl methyl sites for hydroxylation is 1. The normalized spacial score (nSPS) is 13.7. The maximum atomic E-state index is 12.0. The van der Waals surface area contributed by atoms with Gasteiger partial charge in [-0.3, -0.25) is 4.79 Å². The number of hydrogen-bond donors (Lipinski definition) is 2. The molecule has 112 valence electrons. The third-order valence-electron chi connectivity index (χ3n) is 3.63. The largest absolute Gasteiger partial charge is 0.449 e. The first-order valence-corrected chi connectivity index (χ1v) is 7.10. The van der Waals surface area contributed by atoms with Crippen LogP contribution in [0.5, 0.6) is 0 Å². The SMILES string of the molecule is CCC(C)C(N)C(=O)Nc1ccc(-c2coc(C)n2)cc1. The van der Waals surface area contributed by atoms with Crippen LogP contribution in [0.15, 0.2) is 34.9 Å². The maximum absolute atomic E-state index is 12.0. The standard InChI is InChI=1S/C16H21N3O2/c1-4-10(2)15(17)16(20)19-13-7-5-12(6-8-13)14-9-21-11(3)18-14/h5-10,15H,4,17H2,1-3H3,(H,19,20). The molecule has 21 heavy (non-hydrogen) atoms. The van der Waals surface area contributed by atoms with Crippen molar-refractivity contribution >= 4 is 11.6 Å². The van der Waals surface area contributed by atoms with Gasteiger partial charge in [0.25, 0.3) is 0 Å². The molecule has 2 unspecified atom stereocenters. The summed E-state index contributed by atoms with van der Waals surface area (Å²) in [6, 6.07) is 6.96. The number of amides is 1. The van der Waals surface area contributed by atoms with Gasteiger partial charge in [-0.25, -0.2) is 4.98 Å². The minimum Gasteiger partial charge on any atom is -0.449 e. The van der Waals surface area contributed by atoms with Gasteiger partial charge in [0.15, 0.2) is 5.89 Å². The zero-order chi connectivity index (χ0) is 15.4. The Morgan fingerprint density at radius 2 is 2.05 bits per heavy atom. The van der Waals surface area contributed by atoms with Crippen LogP contribution in [0.1, 0.15) is 26.2 Å². The first-order chi connectivity index (χ1) is 10.0. The van der Waals surface area contributed by atoms with Crippen LogP contribution in [-0.2, 0) is 4.79 Å². The van der Waals surface area contributed by atoms with E-state index < -0.39 is 6.04 Å². The molecule has 2 rings (SSSR count). The Morgan fingerprint density at radius 1 is 1.38 bits per heavy atom. The number of nitrogens with two attached hydrogens (primary N) is 1. The minimum absolute atomic E-state index is 0.155. The highest BCUT2D eigenvalue weighted by molar-refractivity contribution is 5.95. The summed E-state index contributed by atoms with van der Waals surface area (Å²) in [6.45, 7) is 5.79. The molecule has 1 amide bonds. The highest BCUT2D eigenvalue weighted by Gasteiger charge is 2.19. The number of rotatable bonds is 5. The van der Waals surface area contributed by atoms with Crippen molar-refractivity contribution in [3.8, 4) is 11.3 Å². The van der Waals surface area contributed by atoms with Crippen LogP contribution in [0.2, 0.25) is 0 Å². The number of oxazole rings is 1. The van der Waals surface area contributed by atoms with Gasteiger partial charge >= 0.3 is 0 Å². The first kappa shape index (κ1) is 15.3. The van der Waals surface area contributed by atoms with Crippen LogP contribution in [0.4, 0.5) is 5.69 Å². The van der Waals surface area contributed by atoms with Crippen LogP contribution in [0.25, 0.3) is 11.3 Å². The Hall–Kier alpha value is -2.14. The molecule has 0 aliphatic rings. The van der Waals surface area contributed by atoms with Gasteiger partial charge in [-0.1, -0.05) is 32.4 Å². The smallest absolute Gasteiger partial charge is 0.241 e. The number of hydrogen-bond acceptors (Lipinski definition) is 4. The number of carbonyl (C=O) groups excluding carboxylic acids is 1. The first-order valence-electron chi connectivity index (χ1n) is 7.10. The average molecular weight is 287 g/mol. The van der Waals surface area contributed by atoms with Crippen molar-refractivity contribution in [2.75, 3.05) is 5.32 Å². The molecular weight excluding hydrogens is 266 g/mol. The van der Waals surface area contributed by atoms with Gasteiger partial charge in [0.1, 0.15) is 12.0 Å². The molecule has 0 radical (unpaired) electrons. The number of aromatic nitrogens is 1. The minimum atomic E-state index is -0.493. The summed E-state index contributed by atoms with van der Waals surface area (Å²) in [6.07, 6.45) is 2.49. The highest BCUT2D eigenvalue weighted by Crippen LogP contribution is 2.21. The van der Waals surface area contributed by atoms with Gasteiger partial charge in [0.2, 0.25) is 5.91 Å². The van der Waals surface area contributed by atoms with Crippen LogP contribution in [0, 0.1) is 12.8 Å². The van der Waals surface area contributed by atoms with Gasteiger partial charge in [-0.05, 0) is 18.1 Å². The van der Waals surface area contributed by atoms with Crippen LogP contribution in [0.3, 0.4) is 0 Å². The topological polar surface area (TPSA) is 81.2 Å². The molecule has 0 saturated carbocycles. The molecule has 0 fully saturated rings. The fourth-order valence-corrected chi connectivity index (χ4v) is 1.96. The Labute approximate surface area is 124 Å². The van der Waals surface area contributed by atoms with Gasteiger partial charge in [-0.15, -0.1) is 0 Å². The van der Waals surface area contributed by atoms with E-state index in [1.165, 1.54) is 0 Å². The summed E-state index contributed by atoms with van der Waals surface area (Å²) >= 11 is 0. The molecule has 5 nitrogen and oxygen atoms in total. The third kappa shape index (κ3) is 3.70. The Bertz CT molecular complexity index is 604. The molecule has 0 bridgehead atoms. The van der Waals surface area contributed by atoms with Crippen molar-refractivity contribution in [2.24, 2.45) is 11.7 Å². The predicted molar refractivity (Wildman–Crippen MR) is 82.7 cm³/mol. The van der Waals surface area contributed by atoms with Crippen LogP contribution >= 0.6 is 0 Å². The summed E-state index contributed by atoms with van der Waals surface area (Å²) < 4.78 is 5.19. The van der Waals surface area contributed by atoms with Gasteiger partial charge in [-0.2, -0.15) is 0 Å². The lowest BCUT2D eigenvalue weighted by Gasteiger charge is -2.17. The fraction of sp³-hybridized carbons (Fsp3) is 0.375. The van der Waals surface area contributed by atoms with E-state index in [4.69, 9.17) is 10.2 Å². The van der Waals surface area contributed by atoms with Crippen molar-refractivity contribution in [1.29, 1.82) is 0 Å². The van der Waals surface area contributed by atoms with Crippen LogP contribution in [-0.4, -0.2) is 16.9 Å². The van der Waals surface area contributed by atoms with Crippen LogP contribution < -0.4 is 11.1 Å². The van der Waals surface area contributed by atoms with Crippen molar-refractivity contribution in [2.45, 2.75) is 33.2 Å². The lowest BCUT2D eigenvalue weighted by molar-refractivity contribution is -0.118. The van der Waals surface area contributed by atoms with E-state index in [0.717, 1.165) is 23.4 Å². The van der Waals surface area contributed by atoms with E-state index in [9.17, 15) is 4.79 Å². The average Bonchev–Trinajstić information content (AvgIpc) is 2.93. The molecule has 0 aliphatic carbocycles. The predicted octanol–water partition coefficient (Wildman–Crippen LogP) is 2.96. The molecule has 3 N–H and O–H groups in total. The second-order valence-corrected chi connectivity index (χ2v) is 5.23. The van der Waals surface area contributed by atoms with Crippen molar-refractivity contribution < 1.29 is 9.21 Å². The fourth-order valence-electron chi connectivity index (χ4n) is 1.96. The molecule has 2 aromatic rings. The summed E-state index contributed by atoms with van der Waals surface area (Å²) in [4.78, 5) is 16.3. The Balaban J connectivity index is 2.04. The number of carbonyl (C=O) groups is 1. The van der Waals surface area contributed by atoms with E-state index in [-0.39, 0.29) is 11.8 Å². The number of nitrogens with zero attached hydrogens (tertiary/aromatic N) is 1. The van der Waals surface area contributed by atoms with E-state index in [2.05, 4.69) is 10.3 Å². The summed E-state index contributed by atoms with van der Waals surface area (Å²) in [7, 11) is 0. The summed E-state index contributed by atoms with van der Waals surface area (Å²) in [5.74, 6) is 0.624. The Morgan fingerprint density at radius 3 is 2.57 bits per heavy atom. The van der Waals surface area contributed by atoms with Crippen molar-refractivity contribution in [3.05, 3.63) is 36.4 Å². The molecule has 1 heterocycles. The molecule has 2 atom stereocenters. The number of anilines is 1. The maximum Gasteiger partial charge on any atom is 0.241 e. The van der Waals surface area contributed by atoms with E-state index in [1.54, 1.807) is 13.2 Å². The molecule has 0 spiro atoms. The van der Waals surface area contributed by atoms with E-state index in [0.29, 0.717) is 5.89 Å². The summed E-state index contributed by atoms with van der Waals surface area (Å²) in [5.41, 5.74) is 8.35. The lowest BCUT2D eigenvalue weighted by atomic mass is 9.99. The van der Waals surface area contributed by atoms with E-state index in [1.807, 2.05) is 38.1 Å².